The van der Waals surface area contributed by atoms with Crippen LogP contribution in [0.4, 0.5) is 0 Å². The molecule has 0 aromatic rings. The van der Waals surface area contributed by atoms with E-state index in [-0.39, 0.29) is 0 Å². The molecule has 1 aliphatic rings. The Hall–Kier alpha value is 0.150. The zero-order valence-corrected chi connectivity index (χ0v) is 7.45. The molecule has 0 amide bonds. The van der Waals surface area contributed by atoms with Crippen LogP contribution >= 0.6 is 0 Å². The molecule has 1 nitrogen and oxygen atoms in total. The van der Waals surface area contributed by atoms with Crippen molar-refractivity contribution < 1.29 is 4.21 Å². The summed E-state index contributed by atoms with van der Waals surface area (Å²) < 4.78 is 11.3. The van der Waals surface area contributed by atoms with E-state index in [0.29, 0.717) is 5.25 Å². The van der Waals surface area contributed by atoms with Crippen molar-refractivity contribution in [1.29, 1.82) is 0 Å². The van der Waals surface area contributed by atoms with Gasteiger partial charge < -0.3 is 0 Å². The van der Waals surface area contributed by atoms with Gasteiger partial charge in [-0.15, -0.1) is 0 Å². The average Bonchev–Trinajstić information content (AvgIpc) is 2.05. The first-order chi connectivity index (χ1) is 4.84. The normalized spacial score (nSPS) is 24.5. The van der Waals surface area contributed by atoms with Crippen LogP contribution in [0.3, 0.4) is 0 Å². The second-order valence-electron chi connectivity index (χ2n) is 2.93. The Morgan fingerprint density at radius 3 is 2.40 bits per heavy atom. The second kappa shape index (κ2) is 4.12. The third-order valence-electron chi connectivity index (χ3n) is 2.21. The highest BCUT2D eigenvalue weighted by atomic mass is 32.2. The summed E-state index contributed by atoms with van der Waals surface area (Å²) in [5.41, 5.74) is 0. The lowest BCUT2D eigenvalue weighted by Crippen LogP contribution is -2.19. The van der Waals surface area contributed by atoms with Crippen molar-refractivity contribution in [3.63, 3.8) is 0 Å². The van der Waals surface area contributed by atoms with Gasteiger partial charge in [0.15, 0.2) is 0 Å². The molecule has 2 heteroatoms. The zero-order valence-electron chi connectivity index (χ0n) is 6.64. The van der Waals surface area contributed by atoms with E-state index >= 15 is 0 Å². The molecule has 0 aromatic heterocycles. The van der Waals surface area contributed by atoms with Gasteiger partial charge in [0.2, 0.25) is 0 Å². The van der Waals surface area contributed by atoms with E-state index in [4.69, 9.17) is 0 Å². The van der Waals surface area contributed by atoms with Gasteiger partial charge in [-0.25, -0.2) is 0 Å². The molecule has 1 fully saturated rings. The molecule has 1 aliphatic carbocycles. The third-order valence-corrected chi connectivity index (χ3v) is 3.99. The van der Waals surface area contributed by atoms with Crippen molar-refractivity contribution >= 4 is 10.8 Å². The standard InChI is InChI=1S/C8H16OS/c1-2-10(9)8-6-4-3-5-7-8/h8H,2-7H2,1H3/t10-/m1/s1. The maximum atomic E-state index is 11.3. The molecule has 10 heavy (non-hydrogen) atoms. The summed E-state index contributed by atoms with van der Waals surface area (Å²) >= 11 is 0. The predicted octanol–water partition coefficient (Wildman–Crippen LogP) is 2.09. The second-order valence-corrected chi connectivity index (χ2v) is 4.93. The summed E-state index contributed by atoms with van der Waals surface area (Å²) in [5, 5.41) is 0.541. The molecular formula is C8H16OS. The van der Waals surface area contributed by atoms with E-state index in [2.05, 4.69) is 0 Å². The SMILES string of the molecule is CC[S@@](=O)C1CCCCC1. The van der Waals surface area contributed by atoms with E-state index in [1.54, 1.807) is 0 Å². The van der Waals surface area contributed by atoms with Crippen LogP contribution in [0.1, 0.15) is 39.0 Å². The summed E-state index contributed by atoms with van der Waals surface area (Å²) in [6.07, 6.45) is 6.38. The Morgan fingerprint density at radius 2 is 1.90 bits per heavy atom. The van der Waals surface area contributed by atoms with Crippen molar-refractivity contribution in [3.05, 3.63) is 0 Å². The fourth-order valence-electron chi connectivity index (χ4n) is 1.56. The summed E-state index contributed by atoms with van der Waals surface area (Å²) in [6.45, 7) is 2.02. The van der Waals surface area contributed by atoms with Crippen molar-refractivity contribution in [2.45, 2.75) is 44.3 Å². The summed E-state index contributed by atoms with van der Waals surface area (Å²) in [7, 11) is -0.513. The molecule has 0 saturated heterocycles. The maximum Gasteiger partial charge on any atom is 0.0347 e. The lowest BCUT2D eigenvalue weighted by atomic mass is 10.0. The minimum absolute atomic E-state index is 0.513. The van der Waals surface area contributed by atoms with Crippen LogP contribution in [-0.4, -0.2) is 15.2 Å². The van der Waals surface area contributed by atoms with Gasteiger partial charge in [0.05, 0.1) is 0 Å². The fraction of sp³-hybridized carbons (Fsp3) is 1.00. The fourth-order valence-corrected chi connectivity index (χ4v) is 2.89. The smallest absolute Gasteiger partial charge is 0.0347 e. The van der Waals surface area contributed by atoms with Crippen molar-refractivity contribution in [2.24, 2.45) is 0 Å². The molecule has 0 spiro atoms. The molecule has 0 bridgehead atoms. The number of hydrogen-bond acceptors (Lipinski definition) is 1. The molecule has 0 heterocycles. The minimum Gasteiger partial charge on any atom is -0.259 e. The van der Waals surface area contributed by atoms with Gasteiger partial charge in [-0.2, -0.15) is 0 Å². The molecule has 0 aliphatic heterocycles. The van der Waals surface area contributed by atoms with Gasteiger partial charge in [0.1, 0.15) is 0 Å². The van der Waals surface area contributed by atoms with Crippen LogP contribution in [0.15, 0.2) is 0 Å². The van der Waals surface area contributed by atoms with Crippen LogP contribution in [0.2, 0.25) is 0 Å². The summed E-state index contributed by atoms with van der Waals surface area (Å²) in [4.78, 5) is 0. The Morgan fingerprint density at radius 1 is 1.30 bits per heavy atom. The maximum absolute atomic E-state index is 11.3. The Bertz CT molecular complexity index is 116. The summed E-state index contributed by atoms with van der Waals surface area (Å²) in [6, 6.07) is 0. The molecule has 1 saturated carbocycles. The molecule has 1 rings (SSSR count). The Kier molecular flexibility index (Phi) is 3.40. The highest BCUT2D eigenvalue weighted by Crippen LogP contribution is 2.21. The van der Waals surface area contributed by atoms with Gasteiger partial charge in [-0.3, -0.25) is 4.21 Å². The predicted molar refractivity (Wildman–Crippen MR) is 45.6 cm³/mol. The van der Waals surface area contributed by atoms with Crippen molar-refractivity contribution in [1.82, 2.24) is 0 Å². The van der Waals surface area contributed by atoms with Gasteiger partial charge >= 0.3 is 0 Å². The first-order valence-corrected chi connectivity index (χ1v) is 5.60. The van der Waals surface area contributed by atoms with Crippen LogP contribution in [0, 0.1) is 0 Å². The number of hydrogen-bond donors (Lipinski definition) is 0. The molecule has 1 atom stereocenters. The highest BCUT2D eigenvalue weighted by Gasteiger charge is 2.17. The minimum atomic E-state index is -0.513. The summed E-state index contributed by atoms with van der Waals surface area (Å²) in [5.74, 6) is 0.852. The highest BCUT2D eigenvalue weighted by molar-refractivity contribution is 7.85. The van der Waals surface area contributed by atoms with E-state index in [0.717, 1.165) is 5.75 Å². The van der Waals surface area contributed by atoms with Gasteiger partial charge in [0, 0.05) is 21.8 Å². The molecule has 0 aromatic carbocycles. The quantitative estimate of drug-likeness (QED) is 0.604. The lowest BCUT2D eigenvalue weighted by Gasteiger charge is -2.19. The Balaban J connectivity index is 2.31. The first kappa shape index (κ1) is 8.25. The molecular weight excluding hydrogens is 144 g/mol. The molecule has 0 N–H and O–H groups in total. The van der Waals surface area contributed by atoms with Crippen molar-refractivity contribution in [2.75, 3.05) is 5.75 Å². The number of rotatable bonds is 2. The molecule has 0 radical (unpaired) electrons. The van der Waals surface area contributed by atoms with Crippen LogP contribution in [-0.2, 0) is 10.8 Å². The van der Waals surface area contributed by atoms with E-state index < -0.39 is 10.8 Å². The van der Waals surface area contributed by atoms with Crippen molar-refractivity contribution in [3.8, 4) is 0 Å². The lowest BCUT2D eigenvalue weighted by molar-refractivity contribution is 0.505. The van der Waals surface area contributed by atoms with Crippen LogP contribution in [0.25, 0.3) is 0 Å². The topological polar surface area (TPSA) is 17.1 Å². The average molecular weight is 160 g/mol. The van der Waals surface area contributed by atoms with E-state index in [1.165, 1.54) is 32.1 Å². The van der Waals surface area contributed by atoms with Gasteiger partial charge in [-0.05, 0) is 12.8 Å². The zero-order chi connectivity index (χ0) is 7.40. The molecule has 60 valence electrons. The van der Waals surface area contributed by atoms with E-state index in [9.17, 15) is 4.21 Å². The third kappa shape index (κ3) is 2.08. The van der Waals surface area contributed by atoms with Crippen LogP contribution in [0.5, 0.6) is 0 Å². The largest absolute Gasteiger partial charge is 0.259 e. The van der Waals surface area contributed by atoms with Crippen LogP contribution < -0.4 is 0 Å². The first-order valence-electron chi connectivity index (χ1n) is 4.21. The molecule has 0 unspecified atom stereocenters. The van der Waals surface area contributed by atoms with Gasteiger partial charge in [0.25, 0.3) is 0 Å². The van der Waals surface area contributed by atoms with Gasteiger partial charge in [-0.1, -0.05) is 26.2 Å². The van der Waals surface area contributed by atoms with E-state index in [1.807, 2.05) is 6.92 Å². The monoisotopic (exact) mass is 160 g/mol. The Labute approximate surface area is 65.7 Å².